The first-order chi connectivity index (χ1) is 16.6. The summed E-state index contributed by atoms with van der Waals surface area (Å²) >= 11 is 0. The number of hydrogen-bond donors (Lipinski definition) is 1. The summed E-state index contributed by atoms with van der Waals surface area (Å²) in [6.45, 7) is 9.42. The Morgan fingerprint density at radius 2 is 1.83 bits per heavy atom. The average Bonchev–Trinajstić information content (AvgIpc) is 3.21. The van der Waals surface area contributed by atoms with Crippen LogP contribution in [-0.4, -0.2) is 24.5 Å². The molecule has 0 aliphatic rings. The van der Waals surface area contributed by atoms with Gasteiger partial charge in [0, 0.05) is 24.2 Å². The van der Waals surface area contributed by atoms with Crippen LogP contribution >= 0.6 is 0 Å². The zero-order chi connectivity index (χ0) is 25.2. The lowest BCUT2D eigenvalue weighted by molar-refractivity contribution is 0.391. The molecule has 0 aliphatic heterocycles. The lowest BCUT2D eigenvalue weighted by atomic mass is 9.78. The molecule has 2 heterocycles. The van der Waals surface area contributed by atoms with Crippen molar-refractivity contribution in [3.63, 3.8) is 0 Å². The molecule has 0 radical (unpaired) electrons. The quantitative estimate of drug-likeness (QED) is 0.415. The predicted octanol–water partition coefficient (Wildman–Crippen LogP) is 4.16. The van der Waals surface area contributed by atoms with Crippen LogP contribution in [0.1, 0.15) is 42.7 Å². The largest absolute Gasteiger partial charge is 0.328 e. The Morgan fingerprint density at radius 1 is 1.03 bits per heavy atom. The maximum absolute atomic E-state index is 13.8. The van der Waals surface area contributed by atoms with Crippen LogP contribution in [0.2, 0.25) is 0 Å². The third kappa shape index (κ3) is 5.48. The number of aromatic amines is 1. The second-order valence-corrected chi connectivity index (χ2v) is 9.68. The van der Waals surface area contributed by atoms with Gasteiger partial charge in [0.05, 0.1) is 18.4 Å². The smallest absolute Gasteiger partial charge is 0.301 e. The SMILES string of the molecule is Cc1ccc(C(C)(C)Cn2nncc2CCCn2ccc(=O)[nH]c2=O)c(-c2ccc(F)cc2C)c1. The zero-order valence-corrected chi connectivity index (χ0v) is 20.5. The highest BCUT2D eigenvalue weighted by Crippen LogP contribution is 2.37. The van der Waals surface area contributed by atoms with Crippen molar-refractivity contribution in [3.8, 4) is 11.1 Å². The van der Waals surface area contributed by atoms with Crippen LogP contribution < -0.4 is 11.2 Å². The number of aryl methyl sites for hydroxylation is 4. The van der Waals surface area contributed by atoms with Crippen molar-refractivity contribution in [3.05, 3.63) is 104 Å². The number of rotatable bonds is 8. The standard InChI is InChI=1S/C27H30FN5O2/c1-18-7-10-24(23(14-18)22-9-8-20(28)15-19(22)2)27(3,4)17-33-21(16-29-31-33)6-5-12-32-13-11-25(34)30-26(32)35/h7-11,13-16H,5-6,12,17H2,1-4H3,(H,30,34,35). The summed E-state index contributed by atoms with van der Waals surface area (Å²) in [6, 6.07) is 12.7. The fourth-order valence-corrected chi connectivity index (χ4v) is 4.52. The Kier molecular flexibility index (Phi) is 6.82. The molecule has 35 heavy (non-hydrogen) atoms. The van der Waals surface area contributed by atoms with Gasteiger partial charge in [0.1, 0.15) is 5.82 Å². The molecule has 182 valence electrons. The monoisotopic (exact) mass is 475 g/mol. The van der Waals surface area contributed by atoms with Gasteiger partial charge >= 0.3 is 5.69 Å². The topological polar surface area (TPSA) is 85.6 Å². The second-order valence-electron chi connectivity index (χ2n) is 9.68. The molecule has 0 aliphatic carbocycles. The molecule has 8 heteroatoms. The minimum Gasteiger partial charge on any atom is -0.301 e. The molecule has 0 saturated carbocycles. The zero-order valence-electron chi connectivity index (χ0n) is 20.5. The molecule has 1 N–H and O–H groups in total. The molecule has 0 atom stereocenters. The number of aromatic nitrogens is 5. The van der Waals surface area contributed by atoms with Gasteiger partial charge in [-0.1, -0.05) is 48.9 Å². The van der Waals surface area contributed by atoms with Gasteiger partial charge in [0.25, 0.3) is 5.56 Å². The number of halogens is 1. The minimum absolute atomic E-state index is 0.240. The van der Waals surface area contributed by atoms with E-state index in [1.807, 2.05) is 17.7 Å². The first-order valence-electron chi connectivity index (χ1n) is 11.7. The van der Waals surface area contributed by atoms with E-state index in [1.165, 1.54) is 22.9 Å². The van der Waals surface area contributed by atoms with Gasteiger partial charge in [-0.2, -0.15) is 0 Å². The van der Waals surface area contributed by atoms with Crippen LogP contribution in [0.3, 0.4) is 0 Å². The van der Waals surface area contributed by atoms with E-state index < -0.39 is 11.2 Å². The van der Waals surface area contributed by atoms with Gasteiger partial charge in [-0.05, 0) is 61.1 Å². The van der Waals surface area contributed by atoms with E-state index in [-0.39, 0.29) is 11.2 Å². The van der Waals surface area contributed by atoms with Crippen LogP contribution in [0, 0.1) is 19.7 Å². The molecule has 0 unspecified atom stereocenters. The Hall–Kier alpha value is -3.81. The Morgan fingerprint density at radius 3 is 2.57 bits per heavy atom. The lowest BCUT2D eigenvalue weighted by Gasteiger charge is -2.29. The van der Waals surface area contributed by atoms with Crippen molar-refractivity contribution in [2.75, 3.05) is 0 Å². The van der Waals surface area contributed by atoms with Crippen LogP contribution in [0.15, 0.2) is 64.4 Å². The predicted molar refractivity (Wildman–Crippen MR) is 134 cm³/mol. The third-order valence-electron chi connectivity index (χ3n) is 6.35. The van der Waals surface area contributed by atoms with E-state index in [1.54, 1.807) is 12.3 Å². The summed E-state index contributed by atoms with van der Waals surface area (Å²) in [4.78, 5) is 25.4. The average molecular weight is 476 g/mol. The van der Waals surface area contributed by atoms with E-state index in [2.05, 4.69) is 54.3 Å². The molecule has 0 spiro atoms. The third-order valence-corrected chi connectivity index (χ3v) is 6.35. The van der Waals surface area contributed by atoms with E-state index in [4.69, 9.17) is 0 Å². The Bertz CT molecular complexity index is 1460. The van der Waals surface area contributed by atoms with Crippen molar-refractivity contribution in [1.82, 2.24) is 24.5 Å². The van der Waals surface area contributed by atoms with E-state index in [0.29, 0.717) is 25.9 Å². The number of H-pyrrole nitrogens is 1. The van der Waals surface area contributed by atoms with Crippen LogP contribution in [0.4, 0.5) is 4.39 Å². The van der Waals surface area contributed by atoms with Crippen molar-refractivity contribution in [2.24, 2.45) is 0 Å². The van der Waals surface area contributed by atoms with E-state index in [0.717, 1.165) is 33.5 Å². The van der Waals surface area contributed by atoms with Crippen LogP contribution in [-0.2, 0) is 24.9 Å². The molecule has 0 amide bonds. The lowest BCUT2D eigenvalue weighted by Crippen LogP contribution is -2.29. The molecular formula is C27H30FN5O2. The highest BCUT2D eigenvalue weighted by atomic mass is 19.1. The van der Waals surface area contributed by atoms with Crippen molar-refractivity contribution >= 4 is 0 Å². The summed E-state index contributed by atoms with van der Waals surface area (Å²) < 4.78 is 17.2. The summed E-state index contributed by atoms with van der Waals surface area (Å²) in [5.74, 6) is -0.240. The van der Waals surface area contributed by atoms with Crippen molar-refractivity contribution in [1.29, 1.82) is 0 Å². The summed E-state index contributed by atoms with van der Waals surface area (Å²) in [5.41, 5.74) is 5.17. The molecule has 4 aromatic rings. The Balaban J connectivity index is 1.56. The number of nitrogens with zero attached hydrogens (tertiary/aromatic N) is 4. The van der Waals surface area contributed by atoms with Crippen LogP contribution in [0.5, 0.6) is 0 Å². The minimum atomic E-state index is -0.409. The van der Waals surface area contributed by atoms with E-state index >= 15 is 0 Å². The highest BCUT2D eigenvalue weighted by molar-refractivity contribution is 5.72. The summed E-state index contributed by atoms with van der Waals surface area (Å²) in [5, 5.41) is 8.46. The van der Waals surface area contributed by atoms with Gasteiger partial charge < -0.3 is 4.57 Å². The fraction of sp³-hybridized carbons (Fsp3) is 0.333. The first kappa shape index (κ1) is 24.3. The van der Waals surface area contributed by atoms with Gasteiger partial charge in [-0.3, -0.25) is 9.78 Å². The van der Waals surface area contributed by atoms with Crippen molar-refractivity contribution in [2.45, 2.75) is 59.0 Å². The second kappa shape index (κ2) is 9.82. The Labute approximate surface area is 203 Å². The fourth-order valence-electron chi connectivity index (χ4n) is 4.52. The van der Waals surface area contributed by atoms with Gasteiger partial charge in [-0.15, -0.1) is 5.10 Å². The molecule has 7 nitrogen and oxygen atoms in total. The molecule has 0 saturated heterocycles. The van der Waals surface area contributed by atoms with Crippen molar-refractivity contribution < 1.29 is 4.39 Å². The summed E-state index contributed by atoms with van der Waals surface area (Å²) in [6.07, 6.45) is 4.65. The van der Waals surface area contributed by atoms with E-state index in [9.17, 15) is 14.0 Å². The van der Waals surface area contributed by atoms with Gasteiger partial charge in [-0.25, -0.2) is 13.9 Å². The summed E-state index contributed by atoms with van der Waals surface area (Å²) in [7, 11) is 0. The molecule has 0 bridgehead atoms. The normalized spacial score (nSPS) is 11.7. The maximum atomic E-state index is 13.8. The van der Waals surface area contributed by atoms with Gasteiger partial charge in [0.15, 0.2) is 0 Å². The molecule has 2 aromatic carbocycles. The number of hydrogen-bond acceptors (Lipinski definition) is 4. The maximum Gasteiger partial charge on any atom is 0.328 e. The molecule has 0 fully saturated rings. The highest BCUT2D eigenvalue weighted by Gasteiger charge is 2.27. The molecule has 4 rings (SSSR count). The van der Waals surface area contributed by atoms with Crippen LogP contribution in [0.25, 0.3) is 11.1 Å². The number of nitrogens with one attached hydrogen (secondary N) is 1. The molecule has 2 aromatic heterocycles. The molecular weight excluding hydrogens is 445 g/mol. The number of benzene rings is 2. The van der Waals surface area contributed by atoms with Gasteiger partial charge in [0.2, 0.25) is 0 Å². The first-order valence-corrected chi connectivity index (χ1v) is 11.7.